The first kappa shape index (κ1) is 14.7. The molecule has 19 heavy (non-hydrogen) atoms. The Balaban J connectivity index is 2.11. The first-order valence-corrected chi connectivity index (χ1v) is 7.64. The molecule has 3 heteroatoms. The molecule has 1 aromatic carbocycles. The van der Waals surface area contributed by atoms with E-state index < -0.39 is 0 Å². The molecule has 0 heterocycles. The molecule has 1 fully saturated rings. The molecular formula is C16H25ClN2. The van der Waals surface area contributed by atoms with E-state index >= 15 is 0 Å². The van der Waals surface area contributed by atoms with Crippen LogP contribution in [0, 0.1) is 5.92 Å². The lowest BCUT2D eigenvalue weighted by atomic mass is 9.86. The summed E-state index contributed by atoms with van der Waals surface area (Å²) in [5, 5.41) is 0.781. The maximum Gasteiger partial charge on any atom is 0.0474 e. The number of nitrogens with two attached hydrogens (primary N) is 1. The zero-order chi connectivity index (χ0) is 14.0. The molecule has 1 unspecified atom stereocenters. The molecule has 2 nitrogen and oxygen atoms in total. The van der Waals surface area contributed by atoms with E-state index in [1.807, 2.05) is 6.92 Å². The van der Waals surface area contributed by atoms with Crippen molar-refractivity contribution in [2.75, 3.05) is 11.9 Å². The summed E-state index contributed by atoms with van der Waals surface area (Å²) in [6.45, 7) is 4.32. The highest BCUT2D eigenvalue weighted by molar-refractivity contribution is 6.31. The molecule has 1 aliphatic carbocycles. The molecule has 0 radical (unpaired) electrons. The summed E-state index contributed by atoms with van der Waals surface area (Å²) in [5.74, 6) is 0.883. The zero-order valence-corrected chi connectivity index (χ0v) is 13.0. The third-order valence-electron chi connectivity index (χ3n) is 4.41. The van der Waals surface area contributed by atoms with Crippen LogP contribution in [0.4, 0.5) is 5.69 Å². The van der Waals surface area contributed by atoms with Crippen molar-refractivity contribution in [1.29, 1.82) is 0 Å². The van der Waals surface area contributed by atoms with Crippen LogP contribution in [0.3, 0.4) is 0 Å². The predicted octanol–water partition coefficient (Wildman–Crippen LogP) is 4.37. The summed E-state index contributed by atoms with van der Waals surface area (Å²) in [4.78, 5) is 2.38. The first-order chi connectivity index (χ1) is 8.99. The maximum atomic E-state index is 6.32. The Hall–Kier alpha value is -0.730. The summed E-state index contributed by atoms with van der Waals surface area (Å²) in [7, 11) is 2.18. The molecule has 0 amide bonds. The van der Waals surface area contributed by atoms with E-state index in [-0.39, 0.29) is 6.04 Å². The van der Waals surface area contributed by atoms with Gasteiger partial charge in [0, 0.05) is 29.8 Å². The number of anilines is 1. The minimum Gasteiger partial charge on any atom is -0.372 e. The number of benzene rings is 1. The van der Waals surface area contributed by atoms with Crippen LogP contribution in [0.1, 0.15) is 51.1 Å². The molecule has 0 spiro atoms. The van der Waals surface area contributed by atoms with Crippen molar-refractivity contribution >= 4 is 17.3 Å². The van der Waals surface area contributed by atoms with E-state index in [1.54, 1.807) is 0 Å². The molecule has 1 saturated carbocycles. The zero-order valence-electron chi connectivity index (χ0n) is 12.2. The Morgan fingerprint density at radius 1 is 1.26 bits per heavy atom. The van der Waals surface area contributed by atoms with E-state index in [0.29, 0.717) is 6.04 Å². The van der Waals surface area contributed by atoms with Crippen molar-refractivity contribution in [2.24, 2.45) is 11.7 Å². The standard InChI is InChI=1S/C16H25ClN2/c1-11-4-6-13(7-5-11)19(3)14-8-9-15(12(2)18)16(17)10-14/h8-13H,4-7,18H2,1-3H3. The van der Waals surface area contributed by atoms with Gasteiger partial charge in [0.2, 0.25) is 0 Å². The van der Waals surface area contributed by atoms with Crippen LogP contribution >= 0.6 is 11.6 Å². The molecule has 2 rings (SSSR count). The van der Waals surface area contributed by atoms with Crippen LogP contribution in [-0.2, 0) is 0 Å². The van der Waals surface area contributed by atoms with Crippen molar-refractivity contribution in [3.63, 3.8) is 0 Å². The Morgan fingerprint density at radius 3 is 2.42 bits per heavy atom. The van der Waals surface area contributed by atoms with Gasteiger partial charge in [-0.05, 0) is 56.2 Å². The average Bonchev–Trinajstić information content (AvgIpc) is 2.38. The van der Waals surface area contributed by atoms with Crippen molar-refractivity contribution in [2.45, 2.75) is 51.6 Å². The quantitative estimate of drug-likeness (QED) is 0.890. The van der Waals surface area contributed by atoms with E-state index in [1.165, 1.54) is 31.4 Å². The molecule has 1 aliphatic rings. The van der Waals surface area contributed by atoms with Gasteiger partial charge in [0.15, 0.2) is 0 Å². The van der Waals surface area contributed by atoms with Crippen molar-refractivity contribution in [1.82, 2.24) is 0 Å². The summed E-state index contributed by atoms with van der Waals surface area (Å²) < 4.78 is 0. The van der Waals surface area contributed by atoms with Crippen LogP contribution in [0.15, 0.2) is 18.2 Å². The first-order valence-electron chi connectivity index (χ1n) is 7.27. The van der Waals surface area contributed by atoms with E-state index in [2.05, 4.69) is 37.1 Å². The van der Waals surface area contributed by atoms with Gasteiger partial charge in [0.25, 0.3) is 0 Å². The maximum absolute atomic E-state index is 6.32. The summed E-state index contributed by atoms with van der Waals surface area (Å²) in [6.07, 6.45) is 5.23. The molecule has 1 atom stereocenters. The fourth-order valence-corrected chi connectivity index (χ4v) is 3.29. The van der Waals surface area contributed by atoms with Gasteiger partial charge in [-0.2, -0.15) is 0 Å². The number of rotatable bonds is 3. The van der Waals surface area contributed by atoms with E-state index in [0.717, 1.165) is 16.5 Å². The SMILES string of the molecule is CC1CCC(N(C)c2ccc(C(C)N)c(Cl)c2)CC1. The Morgan fingerprint density at radius 2 is 1.89 bits per heavy atom. The smallest absolute Gasteiger partial charge is 0.0474 e. The lowest BCUT2D eigenvalue weighted by Crippen LogP contribution is -2.34. The van der Waals surface area contributed by atoms with Gasteiger partial charge in [-0.15, -0.1) is 0 Å². The second-order valence-corrected chi connectivity index (χ2v) is 6.43. The number of halogens is 1. The lowest BCUT2D eigenvalue weighted by molar-refractivity contribution is 0.341. The molecule has 0 bridgehead atoms. The fraction of sp³-hybridized carbons (Fsp3) is 0.625. The molecule has 2 N–H and O–H groups in total. The number of hydrogen-bond donors (Lipinski definition) is 1. The minimum atomic E-state index is -0.0117. The topological polar surface area (TPSA) is 29.3 Å². The van der Waals surface area contributed by atoms with Crippen LogP contribution in [0.25, 0.3) is 0 Å². The van der Waals surface area contributed by atoms with Gasteiger partial charge in [-0.25, -0.2) is 0 Å². The summed E-state index contributed by atoms with van der Waals surface area (Å²) in [5.41, 5.74) is 8.13. The van der Waals surface area contributed by atoms with E-state index in [9.17, 15) is 0 Å². The van der Waals surface area contributed by atoms with Gasteiger partial charge in [0.05, 0.1) is 0 Å². The molecule has 0 aromatic heterocycles. The average molecular weight is 281 g/mol. The predicted molar refractivity (Wildman–Crippen MR) is 83.9 cm³/mol. The highest BCUT2D eigenvalue weighted by atomic mass is 35.5. The molecule has 0 aliphatic heterocycles. The van der Waals surface area contributed by atoms with Gasteiger partial charge in [0.1, 0.15) is 0 Å². The highest BCUT2D eigenvalue weighted by Gasteiger charge is 2.22. The third kappa shape index (κ3) is 3.43. The number of nitrogens with zero attached hydrogens (tertiary/aromatic N) is 1. The van der Waals surface area contributed by atoms with Crippen LogP contribution in [0.2, 0.25) is 5.02 Å². The van der Waals surface area contributed by atoms with Gasteiger partial charge in [-0.3, -0.25) is 0 Å². The van der Waals surface area contributed by atoms with Crippen LogP contribution in [-0.4, -0.2) is 13.1 Å². The number of hydrogen-bond acceptors (Lipinski definition) is 2. The molecule has 1 aromatic rings. The largest absolute Gasteiger partial charge is 0.372 e. The van der Waals surface area contributed by atoms with Gasteiger partial charge in [-0.1, -0.05) is 24.6 Å². The van der Waals surface area contributed by atoms with Crippen molar-refractivity contribution in [3.8, 4) is 0 Å². The van der Waals surface area contributed by atoms with Crippen molar-refractivity contribution in [3.05, 3.63) is 28.8 Å². The van der Waals surface area contributed by atoms with Gasteiger partial charge < -0.3 is 10.6 Å². The second kappa shape index (κ2) is 6.15. The monoisotopic (exact) mass is 280 g/mol. The molecule has 106 valence electrons. The minimum absolute atomic E-state index is 0.0117. The van der Waals surface area contributed by atoms with E-state index in [4.69, 9.17) is 17.3 Å². The van der Waals surface area contributed by atoms with Gasteiger partial charge >= 0.3 is 0 Å². The summed E-state index contributed by atoms with van der Waals surface area (Å²) >= 11 is 6.32. The molecular weight excluding hydrogens is 256 g/mol. The third-order valence-corrected chi connectivity index (χ3v) is 4.74. The van der Waals surface area contributed by atoms with Crippen LogP contribution in [0.5, 0.6) is 0 Å². The fourth-order valence-electron chi connectivity index (χ4n) is 2.95. The molecule has 0 saturated heterocycles. The normalized spacial score (nSPS) is 25.1. The highest BCUT2D eigenvalue weighted by Crippen LogP contribution is 2.32. The summed E-state index contributed by atoms with van der Waals surface area (Å²) in [6, 6.07) is 6.89. The van der Waals surface area contributed by atoms with Crippen LogP contribution < -0.4 is 10.6 Å². The second-order valence-electron chi connectivity index (χ2n) is 6.02. The Kier molecular flexibility index (Phi) is 4.75. The Bertz CT molecular complexity index is 423. The van der Waals surface area contributed by atoms with Crippen molar-refractivity contribution < 1.29 is 0 Å². The lowest BCUT2D eigenvalue weighted by Gasteiger charge is -2.35. The Labute approximate surface area is 121 Å².